The van der Waals surface area contributed by atoms with Crippen LogP contribution in [-0.4, -0.2) is 37.2 Å². The summed E-state index contributed by atoms with van der Waals surface area (Å²) in [6, 6.07) is 7.81. The van der Waals surface area contributed by atoms with E-state index in [1.54, 1.807) is 13.3 Å². The van der Waals surface area contributed by atoms with Crippen molar-refractivity contribution in [3.05, 3.63) is 47.9 Å². The normalized spacial score (nSPS) is 10.0. The molecule has 0 saturated carbocycles. The van der Waals surface area contributed by atoms with Crippen LogP contribution in [0.5, 0.6) is 5.75 Å². The van der Waals surface area contributed by atoms with Crippen LogP contribution in [-0.2, 0) is 11.3 Å². The molecule has 2 rings (SSSR count). The van der Waals surface area contributed by atoms with Crippen LogP contribution in [0.25, 0.3) is 0 Å². The largest absolute Gasteiger partial charge is 0.497 e. The zero-order valence-corrected chi connectivity index (χ0v) is 12.2. The fraction of sp³-hybridized carbons (Fsp3) is 0.267. The second-order valence-electron chi connectivity index (χ2n) is 4.46. The number of rotatable bonds is 5. The highest BCUT2D eigenvalue weighted by Gasteiger charge is 2.10. The summed E-state index contributed by atoms with van der Waals surface area (Å²) in [7, 11) is 4.86. The van der Waals surface area contributed by atoms with Crippen molar-refractivity contribution < 1.29 is 14.3 Å². The van der Waals surface area contributed by atoms with E-state index in [0.717, 1.165) is 11.3 Å². The molecule has 0 radical (unpaired) electrons. The van der Waals surface area contributed by atoms with E-state index in [-0.39, 0.29) is 5.69 Å². The molecule has 0 atom stereocenters. The predicted octanol–water partition coefficient (Wildman–Crippen LogP) is 1.91. The maximum Gasteiger partial charge on any atom is 0.358 e. The molecule has 0 aliphatic rings. The van der Waals surface area contributed by atoms with E-state index in [0.29, 0.717) is 12.4 Å². The molecular formula is C15H17N3O3. The number of methoxy groups -OCH3 is 2. The molecule has 6 heteroatoms. The third-order valence-corrected chi connectivity index (χ3v) is 2.98. The highest BCUT2D eigenvalue weighted by molar-refractivity contribution is 5.86. The van der Waals surface area contributed by atoms with Gasteiger partial charge >= 0.3 is 5.97 Å². The summed E-state index contributed by atoms with van der Waals surface area (Å²) < 4.78 is 9.79. The minimum atomic E-state index is -0.496. The highest BCUT2D eigenvalue weighted by atomic mass is 16.5. The summed E-state index contributed by atoms with van der Waals surface area (Å²) in [5, 5.41) is 0. The molecule has 0 aliphatic carbocycles. The topological polar surface area (TPSA) is 64.5 Å². The average Bonchev–Trinajstić information content (AvgIpc) is 2.54. The van der Waals surface area contributed by atoms with Gasteiger partial charge in [-0.15, -0.1) is 0 Å². The Morgan fingerprint density at radius 3 is 2.67 bits per heavy atom. The van der Waals surface area contributed by atoms with Gasteiger partial charge in [0.05, 0.1) is 26.6 Å². The van der Waals surface area contributed by atoms with Crippen LogP contribution in [0.1, 0.15) is 16.1 Å². The number of aromatic nitrogens is 2. The molecule has 0 N–H and O–H groups in total. The number of carbonyl (C=O) groups excluding carboxylic acids is 1. The number of anilines is 1. The Labute approximate surface area is 123 Å². The smallest absolute Gasteiger partial charge is 0.358 e. The highest BCUT2D eigenvalue weighted by Crippen LogP contribution is 2.16. The van der Waals surface area contributed by atoms with Gasteiger partial charge in [-0.05, 0) is 17.7 Å². The van der Waals surface area contributed by atoms with Gasteiger partial charge in [-0.1, -0.05) is 12.1 Å². The van der Waals surface area contributed by atoms with Crippen molar-refractivity contribution in [1.82, 2.24) is 9.97 Å². The van der Waals surface area contributed by atoms with Crippen molar-refractivity contribution in [2.75, 3.05) is 26.2 Å². The van der Waals surface area contributed by atoms with E-state index in [9.17, 15) is 4.79 Å². The monoisotopic (exact) mass is 287 g/mol. The van der Waals surface area contributed by atoms with E-state index in [1.165, 1.54) is 13.3 Å². The summed E-state index contributed by atoms with van der Waals surface area (Å²) in [6.45, 7) is 0.656. The molecule has 0 bridgehead atoms. The molecule has 0 fully saturated rings. The van der Waals surface area contributed by atoms with Gasteiger partial charge < -0.3 is 14.4 Å². The average molecular weight is 287 g/mol. The van der Waals surface area contributed by atoms with Gasteiger partial charge in [0.15, 0.2) is 5.69 Å². The number of benzene rings is 1. The van der Waals surface area contributed by atoms with Gasteiger partial charge in [-0.25, -0.2) is 14.8 Å². The van der Waals surface area contributed by atoms with Crippen molar-refractivity contribution in [2.24, 2.45) is 0 Å². The summed E-state index contributed by atoms with van der Waals surface area (Å²) in [6.07, 6.45) is 2.95. The third-order valence-electron chi connectivity index (χ3n) is 2.98. The first-order valence-electron chi connectivity index (χ1n) is 6.38. The third kappa shape index (κ3) is 3.68. The Hall–Kier alpha value is -2.63. The molecular weight excluding hydrogens is 270 g/mol. The van der Waals surface area contributed by atoms with Crippen molar-refractivity contribution in [2.45, 2.75) is 6.54 Å². The van der Waals surface area contributed by atoms with E-state index in [1.807, 2.05) is 36.2 Å². The predicted molar refractivity (Wildman–Crippen MR) is 78.5 cm³/mol. The van der Waals surface area contributed by atoms with Crippen LogP contribution in [0.3, 0.4) is 0 Å². The quantitative estimate of drug-likeness (QED) is 0.783. The van der Waals surface area contributed by atoms with Crippen LogP contribution in [0.4, 0.5) is 5.82 Å². The Morgan fingerprint density at radius 2 is 2.05 bits per heavy atom. The molecule has 6 nitrogen and oxygen atoms in total. The number of hydrogen-bond acceptors (Lipinski definition) is 6. The minimum Gasteiger partial charge on any atom is -0.497 e. The van der Waals surface area contributed by atoms with Crippen LogP contribution in [0.2, 0.25) is 0 Å². The van der Waals surface area contributed by atoms with E-state index in [4.69, 9.17) is 4.74 Å². The molecule has 0 unspecified atom stereocenters. The lowest BCUT2D eigenvalue weighted by molar-refractivity contribution is 0.0593. The second kappa shape index (κ2) is 6.69. The number of hydrogen-bond donors (Lipinski definition) is 0. The summed E-state index contributed by atoms with van der Waals surface area (Å²) >= 11 is 0. The molecule has 1 heterocycles. The summed E-state index contributed by atoms with van der Waals surface area (Å²) in [5.74, 6) is 0.989. The summed E-state index contributed by atoms with van der Waals surface area (Å²) in [4.78, 5) is 21.5. The standard InChI is InChI=1S/C15H17N3O3/c1-18(10-11-5-4-6-12(7-11)20-2)14-9-16-13(8-17-14)15(19)21-3/h4-9H,10H2,1-3H3. The van der Waals surface area contributed by atoms with Gasteiger partial charge in [0.1, 0.15) is 11.6 Å². The first kappa shape index (κ1) is 14.8. The van der Waals surface area contributed by atoms with E-state index >= 15 is 0 Å². The van der Waals surface area contributed by atoms with Crippen molar-refractivity contribution in [3.63, 3.8) is 0 Å². The van der Waals surface area contributed by atoms with Crippen LogP contribution < -0.4 is 9.64 Å². The molecule has 0 amide bonds. The van der Waals surface area contributed by atoms with Crippen LogP contribution >= 0.6 is 0 Å². The lowest BCUT2D eigenvalue weighted by atomic mass is 10.2. The Kier molecular flexibility index (Phi) is 4.71. The SMILES string of the molecule is COC(=O)c1cnc(N(C)Cc2cccc(OC)c2)cn1. The molecule has 0 saturated heterocycles. The lowest BCUT2D eigenvalue weighted by Crippen LogP contribution is -2.18. The molecule has 1 aromatic carbocycles. The maximum atomic E-state index is 11.3. The fourth-order valence-electron chi connectivity index (χ4n) is 1.85. The van der Waals surface area contributed by atoms with E-state index < -0.39 is 5.97 Å². The Morgan fingerprint density at radius 1 is 1.24 bits per heavy atom. The van der Waals surface area contributed by atoms with Gasteiger partial charge in [-0.3, -0.25) is 0 Å². The lowest BCUT2D eigenvalue weighted by Gasteiger charge is -2.18. The molecule has 110 valence electrons. The van der Waals surface area contributed by atoms with Crippen LogP contribution in [0, 0.1) is 0 Å². The Bertz CT molecular complexity index is 614. The summed E-state index contributed by atoms with van der Waals surface area (Å²) in [5.41, 5.74) is 1.28. The molecule has 0 spiro atoms. The molecule has 1 aromatic heterocycles. The number of esters is 1. The van der Waals surface area contributed by atoms with Crippen molar-refractivity contribution >= 4 is 11.8 Å². The molecule has 21 heavy (non-hydrogen) atoms. The minimum absolute atomic E-state index is 0.191. The van der Waals surface area contributed by atoms with Crippen molar-refractivity contribution in [3.8, 4) is 5.75 Å². The second-order valence-corrected chi connectivity index (χ2v) is 4.46. The maximum absolute atomic E-state index is 11.3. The van der Waals surface area contributed by atoms with Gasteiger partial charge in [0, 0.05) is 13.6 Å². The zero-order valence-electron chi connectivity index (χ0n) is 12.2. The van der Waals surface area contributed by atoms with Crippen molar-refractivity contribution in [1.29, 1.82) is 0 Å². The zero-order chi connectivity index (χ0) is 15.2. The van der Waals surface area contributed by atoms with E-state index in [2.05, 4.69) is 14.7 Å². The van der Waals surface area contributed by atoms with Gasteiger partial charge in [0.25, 0.3) is 0 Å². The van der Waals surface area contributed by atoms with Gasteiger partial charge in [-0.2, -0.15) is 0 Å². The van der Waals surface area contributed by atoms with Crippen LogP contribution in [0.15, 0.2) is 36.7 Å². The molecule has 2 aromatic rings. The first-order valence-corrected chi connectivity index (χ1v) is 6.38. The Balaban J connectivity index is 2.09. The number of carbonyl (C=O) groups is 1. The van der Waals surface area contributed by atoms with Gasteiger partial charge in [0.2, 0.25) is 0 Å². The molecule has 0 aliphatic heterocycles. The number of nitrogens with zero attached hydrogens (tertiary/aromatic N) is 3. The first-order chi connectivity index (χ1) is 10.1. The number of ether oxygens (including phenoxy) is 2. The fourth-order valence-corrected chi connectivity index (χ4v) is 1.85.